The summed E-state index contributed by atoms with van der Waals surface area (Å²) in [6.45, 7) is 1.59. The van der Waals surface area contributed by atoms with Crippen molar-refractivity contribution < 1.29 is 23.1 Å². The van der Waals surface area contributed by atoms with E-state index in [-0.39, 0.29) is 17.5 Å². The Morgan fingerprint density at radius 1 is 1.24 bits per heavy atom. The first kappa shape index (κ1) is 19.2. The molecule has 1 aliphatic rings. The maximum Gasteiger partial charge on any atom is 0.321 e. The van der Waals surface area contributed by atoms with Gasteiger partial charge in [0.05, 0.1) is 10.8 Å². The molecule has 0 radical (unpaired) electrons. The molecule has 1 aromatic rings. The van der Waals surface area contributed by atoms with Gasteiger partial charge in [-0.15, -0.1) is 0 Å². The van der Waals surface area contributed by atoms with Crippen molar-refractivity contribution in [2.24, 2.45) is 5.92 Å². The van der Waals surface area contributed by atoms with Crippen molar-refractivity contribution >= 4 is 27.7 Å². The Labute approximate surface area is 147 Å². The summed E-state index contributed by atoms with van der Waals surface area (Å²) < 4.78 is 26.2. The second-order valence-corrected chi connectivity index (χ2v) is 8.32. The molecule has 9 heteroatoms. The summed E-state index contributed by atoms with van der Waals surface area (Å²) >= 11 is 0. The van der Waals surface area contributed by atoms with E-state index in [0.29, 0.717) is 5.69 Å². The number of hydrogen-bond acceptors (Lipinski definition) is 4. The van der Waals surface area contributed by atoms with Crippen molar-refractivity contribution in [3.63, 3.8) is 0 Å². The highest BCUT2D eigenvalue weighted by molar-refractivity contribution is 7.89. The normalized spacial score (nSPS) is 15.7. The number of anilines is 1. The van der Waals surface area contributed by atoms with Gasteiger partial charge in [-0.25, -0.2) is 13.2 Å². The third-order valence-corrected chi connectivity index (χ3v) is 6.08. The van der Waals surface area contributed by atoms with Crippen LogP contribution in [0.5, 0.6) is 0 Å². The minimum Gasteiger partial charge on any atom is -0.481 e. The van der Waals surface area contributed by atoms with Crippen molar-refractivity contribution in [2.45, 2.75) is 30.7 Å². The molecule has 138 valence electrons. The molecule has 1 aliphatic carbocycles. The Morgan fingerprint density at radius 3 is 2.28 bits per heavy atom. The van der Waals surface area contributed by atoms with Crippen LogP contribution in [0.2, 0.25) is 0 Å². The molecule has 0 heterocycles. The first-order valence-corrected chi connectivity index (χ1v) is 9.40. The highest BCUT2D eigenvalue weighted by Gasteiger charge is 2.34. The van der Waals surface area contributed by atoms with Crippen LogP contribution in [0.25, 0.3) is 0 Å². The molecule has 2 rings (SSSR count). The molecule has 1 unspecified atom stereocenters. The fourth-order valence-corrected chi connectivity index (χ4v) is 3.72. The number of amides is 2. The molecule has 0 bridgehead atoms. The van der Waals surface area contributed by atoms with Gasteiger partial charge in [-0.1, -0.05) is 6.92 Å². The highest BCUT2D eigenvalue weighted by Crippen LogP contribution is 2.30. The van der Waals surface area contributed by atoms with Crippen LogP contribution < -0.4 is 5.32 Å². The number of hydrogen-bond donors (Lipinski definition) is 2. The Morgan fingerprint density at radius 2 is 1.80 bits per heavy atom. The molecule has 0 spiro atoms. The van der Waals surface area contributed by atoms with Gasteiger partial charge in [-0.2, -0.15) is 4.31 Å². The van der Waals surface area contributed by atoms with Crippen LogP contribution in [-0.2, 0) is 14.8 Å². The van der Waals surface area contributed by atoms with Crippen LogP contribution >= 0.6 is 0 Å². The lowest BCUT2D eigenvalue weighted by molar-refractivity contribution is -0.141. The van der Waals surface area contributed by atoms with Gasteiger partial charge in [0, 0.05) is 32.4 Å². The number of carbonyl (C=O) groups excluding carboxylic acids is 1. The number of sulfonamides is 1. The van der Waals surface area contributed by atoms with E-state index in [1.807, 2.05) is 0 Å². The van der Waals surface area contributed by atoms with Crippen LogP contribution in [0.4, 0.5) is 10.5 Å². The van der Waals surface area contributed by atoms with Crippen molar-refractivity contribution in [1.82, 2.24) is 9.21 Å². The van der Waals surface area contributed by atoms with E-state index >= 15 is 0 Å². The first-order chi connectivity index (χ1) is 11.6. The van der Waals surface area contributed by atoms with Gasteiger partial charge in [0.15, 0.2) is 0 Å². The molecule has 1 fully saturated rings. The van der Waals surface area contributed by atoms with E-state index in [2.05, 4.69) is 5.32 Å². The zero-order valence-electron chi connectivity index (χ0n) is 14.5. The lowest BCUT2D eigenvalue weighted by Gasteiger charge is -2.20. The number of carboxylic acids is 1. The Bertz CT molecular complexity index is 744. The smallest absolute Gasteiger partial charge is 0.321 e. The fourth-order valence-electron chi connectivity index (χ4n) is 2.30. The van der Waals surface area contributed by atoms with Gasteiger partial charge in [0.2, 0.25) is 10.0 Å². The monoisotopic (exact) mass is 369 g/mol. The topological polar surface area (TPSA) is 107 Å². The predicted molar refractivity (Wildman–Crippen MR) is 92.9 cm³/mol. The number of nitrogens with zero attached hydrogens (tertiary/aromatic N) is 2. The number of carbonyl (C=O) groups is 2. The lowest BCUT2D eigenvalue weighted by atomic mass is 10.2. The number of benzene rings is 1. The number of carboxylic acid groups (broad SMARTS) is 1. The van der Waals surface area contributed by atoms with Gasteiger partial charge in [-0.3, -0.25) is 4.79 Å². The maximum absolute atomic E-state index is 12.4. The minimum atomic E-state index is -3.52. The van der Waals surface area contributed by atoms with Crippen LogP contribution in [0.3, 0.4) is 0 Å². The Balaban J connectivity index is 2.00. The Kier molecular flexibility index (Phi) is 5.69. The van der Waals surface area contributed by atoms with Crippen molar-refractivity contribution in [1.29, 1.82) is 0 Å². The second kappa shape index (κ2) is 7.40. The summed E-state index contributed by atoms with van der Waals surface area (Å²) in [7, 11) is -0.449. The molecule has 0 aromatic heterocycles. The predicted octanol–water partition coefficient (Wildman–Crippen LogP) is 1.65. The van der Waals surface area contributed by atoms with E-state index in [1.54, 1.807) is 7.05 Å². The molecule has 1 atom stereocenters. The lowest BCUT2D eigenvalue weighted by Crippen LogP contribution is -2.36. The van der Waals surface area contributed by atoms with E-state index in [0.717, 1.165) is 12.8 Å². The summed E-state index contributed by atoms with van der Waals surface area (Å²) in [6.07, 6.45) is 1.76. The minimum absolute atomic E-state index is 0.0693. The molecule has 25 heavy (non-hydrogen) atoms. The standard InChI is InChI=1S/C16H23N3O5S/c1-11(15(20)21)10-18(2)16(22)17-12-4-8-14(9-5-12)25(23,24)19(3)13-6-7-13/h4-5,8-9,11,13H,6-7,10H2,1-3H3,(H,17,22)(H,20,21). The van der Waals surface area contributed by atoms with Gasteiger partial charge in [0.1, 0.15) is 0 Å². The van der Waals surface area contributed by atoms with E-state index in [9.17, 15) is 18.0 Å². The van der Waals surface area contributed by atoms with Crippen molar-refractivity contribution in [3.8, 4) is 0 Å². The van der Waals surface area contributed by atoms with Crippen LogP contribution in [0.1, 0.15) is 19.8 Å². The molecule has 2 N–H and O–H groups in total. The van der Waals surface area contributed by atoms with Crippen LogP contribution in [0, 0.1) is 5.92 Å². The molecular formula is C16H23N3O5S. The fraction of sp³-hybridized carbons (Fsp3) is 0.500. The molecule has 8 nitrogen and oxygen atoms in total. The molecule has 1 aromatic carbocycles. The van der Waals surface area contributed by atoms with E-state index in [1.165, 1.54) is 47.4 Å². The summed E-state index contributed by atoms with van der Waals surface area (Å²) in [5.74, 6) is -1.66. The van der Waals surface area contributed by atoms with Crippen molar-refractivity contribution in [3.05, 3.63) is 24.3 Å². The number of nitrogens with one attached hydrogen (secondary N) is 1. The average Bonchev–Trinajstić information content (AvgIpc) is 3.39. The van der Waals surface area contributed by atoms with Gasteiger partial charge >= 0.3 is 12.0 Å². The number of rotatable bonds is 7. The quantitative estimate of drug-likeness (QED) is 0.760. The zero-order valence-corrected chi connectivity index (χ0v) is 15.3. The molecule has 0 saturated heterocycles. The van der Waals surface area contributed by atoms with Crippen molar-refractivity contribution in [2.75, 3.05) is 26.0 Å². The largest absolute Gasteiger partial charge is 0.481 e. The summed E-state index contributed by atoms with van der Waals surface area (Å²) in [5, 5.41) is 11.5. The molecular weight excluding hydrogens is 346 g/mol. The van der Waals surface area contributed by atoms with Crippen LogP contribution in [-0.4, -0.2) is 61.4 Å². The van der Waals surface area contributed by atoms with E-state index < -0.39 is 27.9 Å². The molecule has 2 amide bonds. The zero-order chi connectivity index (χ0) is 18.8. The second-order valence-electron chi connectivity index (χ2n) is 6.33. The van der Waals surface area contributed by atoms with Crippen LogP contribution in [0.15, 0.2) is 29.2 Å². The van der Waals surface area contributed by atoms with Gasteiger partial charge in [-0.05, 0) is 37.1 Å². The third-order valence-electron chi connectivity index (χ3n) is 4.16. The average molecular weight is 369 g/mol. The first-order valence-electron chi connectivity index (χ1n) is 7.96. The Hall–Kier alpha value is -2.13. The van der Waals surface area contributed by atoms with Gasteiger partial charge in [0.25, 0.3) is 0 Å². The SMILES string of the molecule is CC(CN(C)C(=O)Nc1ccc(S(=O)(=O)N(C)C2CC2)cc1)C(=O)O. The summed E-state index contributed by atoms with van der Waals surface area (Å²) in [6, 6.07) is 5.54. The number of aliphatic carboxylic acids is 1. The number of urea groups is 1. The van der Waals surface area contributed by atoms with E-state index in [4.69, 9.17) is 5.11 Å². The highest BCUT2D eigenvalue weighted by atomic mass is 32.2. The molecule has 1 saturated carbocycles. The summed E-state index contributed by atoms with van der Waals surface area (Å²) in [4.78, 5) is 24.3. The molecule has 0 aliphatic heterocycles. The maximum atomic E-state index is 12.4. The summed E-state index contributed by atoms with van der Waals surface area (Å²) in [5.41, 5.74) is 0.438. The third kappa shape index (κ3) is 4.70. The van der Waals surface area contributed by atoms with Gasteiger partial charge < -0.3 is 15.3 Å².